The van der Waals surface area contributed by atoms with E-state index in [1.807, 2.05) is 0 Å². The summed E-state index contributed by atoms with van der Waals surface area (Å²) >= 11 is 0. The van der Waals surface area contributed by atoms with Crippen molar-refractivity contribution in [3.63, 3.8) is 0 Å². The molecule has 0 bridgehead atoms. The average Bonchev–Trinajstić information content (AvgIpc) is 2.70. The van der Waals surface area contributed by atoms with Crippen molar-refractivity contribution in [1.29, 1.82) is 0 Å². The van der Waals surface area contributed by atoms with E-state index in [4.69, 9.17) is 0 Å². The predicted molar refractivity (Wildman–Crippen MR) is 75.7 cm³/mol. The Labute approximate surface area is 110 Å². The van der Waals surface area contributed by atoms with Crippen LogP contribution in [0.2, 0.25) is 0 Å². The average molecular weight is 247 g/mol. The number of benzene rings is 1. The van der Waals surface area contributed by atoms with E-state index < -0.39 is 0 Å². The maximum absolute atomic E-state index is 9.53. The van der Waals surface area contributed by atoms with Gasteiger partial charge < -0.3 is 10.4 Å². The Kier molecular flexibility index (Phi) is 4.41. The van der Waals surface area contributed by atoms with Crippen molar-refractivity contribution in [2.45, 2.75) is 52.2 Å². The predicted octanol–water partition coefficient (Wildman–Crippen LogP) is 3.12. The van der Waals surface area contributed by atoms with Crippen LogP contribution in [0.5, 0.6) is 0 Å². The van der Waals surface area contributed by atoms with Gasteiger partial charge >= 0.3 is 0 Å². The second kappa shape index (κ2) is 5.85. The van der Waals surface area contributed by atoms with E-state index in [-0.39, 0.29) is 6.10 Å². The fourth-order valence-corrected chi connectivity index (χ4v) is 2.96. The molecular weight excluding hydrogens is 222 g/mol. The third-order valence-corrected chi connectivity index (χ3v) is 3.97. The molecule has 1 saturated carbocycles. The largest absolute Gasteiger partial charge is 0.393 e. The number of aryl methyl sites for hydroxylation is 2. The van der Waals surface area contributed by atoms with Crippen molar-refractivity contribution in [2.24, 2.45) is 5.92 Å². The molecule has 0 radical (unpaired) electrons. The van der Waals surface area contributed by atoms with Crippen molar-refractivity contribution >= 4 is 0 Å². The van der Waals surface area contributed by atoms with Gasteiger partial charge in [-0.05, 0) is 58.1 Å². The van der Waals surface area contributed by atoms with E-state index >= 15 is 0 Å². The number of aliphatic hydroxyl groups excluding tert-OH is 1. The fraction of sp³-hybridized carbons (Fsp3) is 0.625. The van der Waals surface area contributed by atoms with Crippen molar-refractivity contribution in [2.75, 3.05) is 6.54 Å². The molecule has 2 nitrogen and oxygen atoms in total. The SMILES string of the molecule is Cc1cc(C)cc(C(C)NCC2CCC(O)C2)c1. The zero-order chi connectivity index (χ0) is 13.1. The van der Waals surface area contributed by atoms with Crippen LogP contribution < -0.4 is 5.32 Å². The van der Waals surface area contributed by atoms with Crippen LogP contribution in [0, 0.1) is 19.8 Å². The molecule has 0 aliphatic heterocycles. The summed E-state index contributed by atoms with van der Waals surface area (Å²) in [6, 6.07) is 7.12. The van der Waals surface area contributed by atoms with Gasteiger partial charge in [-0.1, -0.05) is 29.3 Å². The summed E-state index contributed by atoms with van der Waals surface area (Å²) in [5.74, 6) is 0.647. The number of hydrogen-bond acceptors (Lipinski definition) is 2. The molecule has 0 aromatic heterocycles. The van der Waals surface area contributed by atoms with Crippen molar-refractivity contribution < 1.29 is 5.11 Å². The Balaban J connectivity index is 1.89. The maximum Gasteiger partial charge on any atom is 0.0543 e. The Bertz CT molecular complexity index is 382. The first-order chi connectivity index (χ1) is 8.54. The summed E-state index contributed by atoms with van der Waals surface area (Å²) in [7, 11) is 0. The summed E-state index contributed by atoms with van der Waals surface area (Å²) in [5.41, 5.74) is 4.02. The molecule has 18 heavy (non-hydrogen) atoms. The summed E-state index contributed by atoms with van der Waals surface area (Å²) < 4.78 is 0. The quantitative estimate of drug-likeness (QED) is 0.857. The van der Waals surface area contributed by atoms with Gasteiger partial charge in [0.15, 0.2) is 0 Å². The van der Waals surface area contributed by atoms with E-state index in [1.165, 1.54) is 16.7 Å². The summed E-state index contributed by atoms with van der Waals surface area (Å²) in [4.78, 5) is 0. The van der Waals surface area contributed by atoms with Gasteiger partial charge in [0, 0.05) is 6.04 Å². The van der Waals surface area contributed by atoms with Crippen LogP contribution in [0.25, 0.3) is 0 Å². The van der Waals surface area contributed by atoms with Gasteiger partial charge in [-0.2, -0.15) is 0 Å². The van der Waals surface area contributed by atoms with E-state index in [0.717, 1.165) is 25.8 Å². The van der Waals surface area contributed by atoms with Crippen LogP contribution in [0.3, 0.4) is 0 Å². The number of aliphatic hydroxyl groups is 1. The van der Waals surface area contributed by atoms with Crippen molar-refractivity contribution in [3.8, 4) is 0 Å². The minimum Gasteiger partial charge on any atom is -0.393 e. The van der Waals surface area contributed by atoms with Gasteiger partial charge in [-0.25, -0.2) is 0 Å². The molecule has 1 aromatic rings. The fourth-order valence-electron chi connectivity index (χ4n) is 2.96. The number of rotatable bonds is 4. The van der Waals surface area contributed by atoms with Gasteiger partial charge in [0.25, 0.3) is 0 Å². The molecule has 0 spiro atoms. The van der Waals surface area contributed by atoms with Gasteiger partial charge in [-0.3, -0.25) is 0 Å². The third-order valence-electron chi connectivity index (χ3n) is 3.97. The summed E-state index contributed by atoms with van der Waals surface area (Å²) in [6.45, 7) is 7.54. The summed E-state index contributed by atoms with van der Waals surface area (Å²) in [5, 5.41) is 13.1. The first-order valence-electron chi connectivity index (χ1n) is 7.04. The van der Waals surface area contributed by atoms with Crippen LogP contribution in [-0.4, -0.2) is 17.8 Å². The minimum atomic E-state index is -0.0617. The molecule has 0 amide bonds. The van der Waals surface area contributed by atoms with Gasteiger partial charge in [-0.15, -0.1) is 0 Å². The maximum atomic E-state index is 9.53. The van der Waals surface area contributed by atoms with Gasteiger partial charge in [0.2, 0.25) is 0 Å². The second-order valence-corrected chi connectivity index (χ2v) is 5.88. The highest BCUT2D eigenvalue weighted by molar-refractivity contribution is 5.30. The molecule has 1 fully saturated rings. The lowest BCUT2D eigenvalue weighted by Crippen LogP contribution is -2.25. The summed E-state index contributed by atoms with van der Waals surface area (Å²) in [6.07, 6.45) is 3.04. The zero-order valence-corrected chi connectivity index (χ0v) is 11.7. The minimum absolute atomic E-state index is 0.0617. The van der Waals surface area contributed by atoms with E-state index in [0.29, 0.717) is 12.0 Å². The Morgan fingerprint density at radius 3 is 2.44 bits per heavy atom. The van der Waals surface area contributed by atoms with Crippen LogP contribution in [0.4, 0.5) is 0 Å². The first kappa shape index (κ1) is 13.6. The standard InChI is InChI=1S/C16H25NO/c1-11-6-12(2)8-15(7-11)13(3)17-10-14-4-5-16(18)9-14/h6-8,13-14,16-18H,4-5,9-10H2,1-3H3. The molecule has 2 heteroatoms. The third kappa shape index (κ3) is 3.56. The van der Waals surface area contributed by atoms with E-state index in [2.05, 4.69) is 44.3 Å². The van der Waals surface area contributed by atoms with Gasteiger partial charge in [0.05, 0.1) is 6.10 Å². The van der Waals surface area contributed by atoms with Crippen molar-refractivity contribution in [3.05, 3.63) is 34.9 Å². The molecule has 0 heterocycles. The molecule has 1 aromatic carbocycles. The Morgan fingerprint density at radius 1 is 1.22 bits per heavy atom. The molecule has 0 saturated heterocycles. The molecule has 1 aliphatic rings. The van der Waals surface area contributed by atoms with Crippen LogP contribution >= 0.6 is 0 Å². The van der Waals surface area contributed by atoms with Crippen LogP contribution in [-0.2, 0) is 0 Å². The van der Waals surface area contributed by atoms with E-state index in [9.17, 15) is 5.11 Å². The Hall–Kier alpha value is -0.860. The monoisotopic (exact) mass is 247 g/mol. The molecule has 3 atom stereocenters. The zero-order valence-electron chi connectivity index (χ0n) is 11.7. The van der Waals surface area contributed by atoms with E-state index in [1.54, 1.807) is 0 Å². The molecule has 2 N–H and O–H groups in total. The smallest absolute Gasteiger partial charge is 0.0543 e. The lowest BCUT2D eigenvalue weighted by Gasteiger charge is -2.18. The lowest BCUT2D eigenvalue weighted by molar-refractivity contribution is 0.177. The molecule has 1 aliphatic carbocycles. The topological polar surface area (TPSA) is 32.3 Å². The second-order valence-electron chi connectivity index (χ2n) is 5.88. The highest BCUT2D eigenvalue weighted by atomic mass is 16.3. The van der Waals surface area contributed by atoms with Crippen LogP contribution in [0.1, 0.15) is 48.9 Å². The van der Waals surface area contributed by atoms with Crippen molar-refractivity contribution in [1.82, 2.24) is 5.32 Å². The van der Waals surface area contributed by atoms with Gasteiger partial charge in [0.1, 0.15) is 0 Å². The molecule has 3 unspecified atom stereocenters. The first-order valence-corrected chi connectivity index (χ1v) is 7.04. The molecular formula is C16H25NO. The normalized spacial score (nSPS) is 25.3. The van der Waals surface area contributed by atoms with Crippen LogP contribution in [0.15, 0.2) is 18.2 Å². The number of hydrogen-bond donors (Lipinski definition) is 2. The highest BCUT2D eigenvalue weighted by Gasteiger charge is 2.22. The molecule has 2 rings (SSSR count). The Morgan fingerprint density at radius 2 is 1.89 bits per heavy atom. The highest BCUT2D eigenvalue weighted by Crippen LogP contribution is 2.25. The number of nitrogens with one attached hydrogen (secondary N) is 1. The lowest BCUT2D eigenvalue weighted by atomic mass is 10.0. The molecule has 100 valence electrons.